The van der Waals surface area contributed by atoms with Gasteiger partial charge in [0.15, 0.2) is 5.82 Å². The third kappa shape index (κ3) is 2.48. The lowest BCUT2D eigenvalue weighted by Gasteiger charge is -2.03. The smallest absolute Gasteiger partial charge is 0.270 e. The van der Waals surface area contributed by atoms with E-state index in [1.807, 2.05) is 0 Å². The summed E-state index contributed by atoms with van der Waals surface area (Å²) in [7, 11) is 0. The van der Waals surface area contributed by atoms with Gasteiger partial charge in [-0.2, -0.15) is 0 Å². The predicted molar refractivity (Wildman–Crippen MR) is 73.1 cm³/mol. The number of nitrogens with one attached hydrogen (secondary N) is 1. The average molecular weight is 280 g/mol. The Morgan fingerprint density at radius 2 is 2.11 bits per heavy atom. The predicted octanol–water partition coefficient (Wildman–Crippen LogP) is 2.82. The molecule has 0 saturated carbocycles. The quantitative estimate of drug-likeness (QED) is 0.676. The summed E-state index contributed by atoms with van der Waals surface area (Å²) in [5, 5.41) is 11.2. The van der Waals surface area contributed by atoms with E-state index >= 15 is 0 Å². The molecule has 7 heteroatoms. The minimum absolute atomic E-state index is 0.152. The zero-order valence-electron chi connectivity index (χ0n) is 10.2. The Bertz CT molecular complexity index is 760. The highest BCUT2D eigenvalue weighted by atomic mass is 35.5. The first kappa shape index (κ1) is 13.2. The number of nitrogens with zero attached hydrogens (tertiary/aromatic N) is 2. The summed E-state index contributed by atoms with van der Waals surface area (Å²) in [6, 6.07) is 3.93. The molecular formula is C12H10ClN3O3. The summed E-state index contributed by atoms with van der Waals surface area (Å²) < 4.78 is 0. The second-order valence-electron chi connectivity index (χ2n) is 4.19. The van der Waals surface area contributed by atoms with Crippen molar-refractivity contribution in [3.63, 3.8) is 0 Å². The molecule has 0 atom stereocenters. The average Bonchev–Trinajstić information content (AvgIpc) is 2.37. The number of halogens is 1. The van der Waals surface area contributed by atoms with E-state index in [4.69, 9.17) is 11.6 Å². The fourth-order valence-corrected chi connectivity index (χ4v) is 1.67. The number of nitro benzene ring substituents is 1. The van der Waals surface area contributed by atoms with Crippen molar-refractivity contribution in [2.24, 2.45) is 0 Å². The van der Waals surface area contributed by atoms with Crippen LogP contribution in [0.4, 0.5) is 5.69 Å². The molecule has 0 fully saturated rings. The number of allylic oxidation sites excluding steroid dienone is 1. The molecule has 19 heavy (non-hydrogen) atoms. The van der Waals surface area contributed by atoms with Crippen LogP contribution in [-0.4, -0.2) is 14.9 Å². The van der Waals surface area contributed by atoms with Crippen molar-refractivity contribution in [3.05, 3.63) is 50.1 Å². The number of hydrogen-bond acceptors (Lipinski definition) is 4. The van der Waals surface area contributed by atoms with Crippen molar-refractivity contribution < 1.29 is 4.92 Å². The van der Waals surface area contributed by atoms with Gasteiger partial charge in [-0.25, -0.2) is 4.98 Å². The van der Waals surface area contributed by atoms with Crippen LogP contribution in [0.1, 0.15) is 19.7 Å². The molecule has 1 heterocycles. The van der Waals surface area contributed by atoms with Crippen LogP contribution in [0.25, 0.3) is 15.9 Å². The highest BCUT2D eigenvalue weighted by molar-refractivity contribution is 6.48. The van der Waals surface area contributed by atoms with E-state index in [0.29, 0.717) is 10.5 Å². The fourth-order valence-electron chi connectivity index (χ4n) is 1.58. The molecule has 0 saturated heterocycles. The van der Waals surface area contributed by atoms with E-state index in [9.17, 15) is 14.9 Å². The summed E-state index contributed by atoms with van der Waals surface area (Å²) in [4.78, 5) is 28.7. The minimum Gasteiger partial charge on any atom is -0.305 e. The second kappa shape index (κ2) is 4.81. The van der Waals surface area contributed by atoms with Crippen molar-refractivity contribution in [1.82, 2.24) is 9.97 Å². The Labute approximate surface area is 112 Å². The number of benzene rings is 1. The topological polar surface area (TPSA) is 88.9 Å². The zero-order valence-corrected chi connectivity index (χ0v) is 11.0. The number of aromatic nitrogens is 2. The second-order valence-corrected chi connectivity index (χ2v) is 4.57. The van der Waals surface area contributed by atoms with Crippen LogP contribution in [0.5, 0.6) is 0 Å². The molecule has 0 amide bonds. The van der Waals surface area contributed by atoms with E-state index in [-0.39, 0.29) is 16.9 Å². The number of H-pyrrole nitrogens is 1. The maximum absolute atomic E-state index is 11.9. The normalized spacial score (nSPS) is 10.5. The van der Waals surface area contributed by atoms with E-state index in [0.717, 1.165) is 5.57 Å². The van der Waals surface area contributed by atoms with Crippen molar-refractivity contribution in [1.29, 1.82) is 0 Å². The third-order valence-electron chi connectivity index (χ3n) is 2.55. The van der Waals surface area contributed by atoms with Gasteiger partial charge in [0.2, 0.25) is 0 Å². The van der Waals surface area contributed by atoms with Gasteiger partial charge in [0.25, 0.3) is 11.2 Å². The minimum atomic E-state index is -0.560. The van der Waals surface area contributed by atoms with E-state index < -0.39 is 10.5 Å². The molecule has 0 bridgehead atoms. The highest BCUT2D eigenvalue weighted by Gasteiger charge is 2.12. The van der Waals surface area contributed by atoms with Crippen molar-refractivity contribution in [2.75, 3.05) is 0 Å². The molecule has 0 spiro atoms. The van der Waals surface area contributed by atoms with Crippen LogP contribution in [0.2, 0.25) is 0 Å². The fraction of sp³-hybridized carbons (Fsp3) is 0.167. The summed E-state index contributed by atoms with van der Waals surface area (Å²) in [6.45, 7) is 3.59. The van der Waals surface area contributed by atoms with Gasteiger partial charge in [0.1, 0.15) is 0 Å². The summed E-state index contributed by atoms with van der Waals surface area (Å²) in [6.07, 6.45) is 0. The maximum Gasteiger partial charge on any atom is 0.270 e. The first-order valence-electron chi connectivity index (χ1n) is 5.42. The van der Waals surface area contributed by atoms with Crippen molar-refractivity contribution in [3.8, 4) is 0 Å². The first-order valence-corrected chi connectivity index (χ1v) is 5.80. The van der Waals surface area contributed by atoms with E-state index in [1.165, 1.54) is 18.2 Å². The van der Waals surface area contributed by atoms with Crippen LogP contribution in [-0.2, 0) is 0 Å². The third-order valence-corrected chi connectivity index (χ3v) is 3.10. The van der Waals surface area contributed by atoms with Crippen LogP contribution in [0, 0.1) is 10.1 Å². The number of fused-ring (bicyclic) bond motifs is 1. The van der Waals surface area contributed by atoms with Crippen LogP contribution < -0.4 is 5.56 Å². The van der Waals surface area contributed by atoms with Crippen LogP contribution >= 0.6 is 11.6 Å². The molecule has 0 aliphatic rings. The highest BCUT2D eigenvalue weighted by Crippen LogP contribution is 2.21. The van der Waals surface area contributed by atoms with Crippen LogP contribution in [0.3, 0.4) is 0 Å². The van der Waals surface area contributed by atoms with Gasteiger partial charge in [-0.3, -0.25) is 14.9 Å². The SMILES string of the molecule is CC(C)=C(Cl)c1nc2ccc([N+](=O)[O-])cc2c(=O)[nH]1. The number of nitro groups is 1. The first-order chi connectivity index (χ1) is 8.90. The van der Waals surface area contributed by atoms with Gasteiger partial charge in [0.05, 0.1) is 20.9 Å². The summed E-state index contributed by atoms with van der Waals surface area (Å²) >= 11 is 6.03. The molecule has 98 valence electrons. The molecule has 1 aromatic carbocycles. The Kier molecular flexibility index (Phi) is 3.35. The lowest BCUT2D eigenvalue weighted by molar-refractivity contribution is -0.384. The maximum atomic E-state index is 11.9. The Balaban J connectivity index is 2.74. The van der Waals surface area contributed by atoms with Crippen molar-refractivity contribution in [2.45, 2.75) is 13.8 Å². The number of non-ortho nitro benzene ring substituents is 1. The summed E-state index contributed by atoms with van der Waals surface area (Å²) in [5.74, 6) is 0.257. The number of aromatic amines is 1. The molecule has 6 nitrogen and oxygen atoms in total. The van der Waals surface area contributed by atoms with E-state index in [1.54, 1.807) is 13.8 Å². The molecule has 1 N–H and O–H groups in total. The molecular weight excluding hydrogens is 270 g/mol. The van der Waals surface area contributed by atoms with Gasteiger partial charge >= 0.3 is 0 Å². The summed E-state index contributed by atoms with van der Waals surface area (Å²) in [5.41, 5.74) is 0.568. The standard InChI is InChI=1S/C12H10ClN3O3/c1-6(2)10(13)11-14-9-4-3-7(16(18)19)5-8(9)12(17)15-11/h3-5H,1-2H3,(H,14,15,17). The van der Waals surface area contributed by atoms with Gasteiger partial charge in [0, 0.05) is 12.1 Å². The number of rotatable bonds is 2. The van der Waals surface area contributed by atoms with E-state index in [2.05, 4.69) is 9.97 Å². The monoisotopic (exact) mass is 279 g/mol. The zero-order chi connectivity index (χ0) is 14.2. The molecule has 2 aromatic rings. The molecule has 2 rings (SSSR count). The molecule has 1 aromatic heterocycles. The Morgan fingerprint density at radius 1 is 1.42 bits per heavy atom. The lowest BCUT2D eigenvalue weighted by atomic mass is 10.2. The van der Waals surface area contributed by atoms with Gasteiger partial charge in [-0.15, -0.1) is 0 Å². The van der Waals surface area contributed by atoms with Gasteiger partial charge < -0.3 is 4.98 Å². The lowest BCUT2D eigenvalue weighted by Crippen LogP contribution is -2.11. The Morgan fingerprint density at radius 3 is 2.68 bits per heavy atom. The molecule has 0 radical (unpaired) electrons. The molecule has 0 unspecified atom stereocenters. The van der Waals surface area contributed by atoms with Gasteiger partial charge in [-0.1, -0.05) is 17.2 Å². The van der Waals surface area contributed by atoms with Crippen molar-refractivity contribution >= 4 is 33.2 Å². The largest absolute Gasteiger partial charge is 0.305 e. The molecule has 0 aliphatic carbocycles. The molecule has 0 aliphatic heterocycles. The van der Waals surface area contributed by atoms with Crippen LogP contribution in [0.15, 0.2) is 28.6 Å². The van der Waals surface area contributed by atoms with Gasteiger partial charge in [-0.05, 0) is 19.9 Å². The number of hydrogen-bond donors (Lipinski definition) is 1. The Hall–Kier alpha value is -2.21.